The lowest BCUT2D eigenvalue weighted by Crippen LogP contribution is -1.96. The van der Waals surface area contributed by atoms with Gasteiger partial charge in [-0.1, -0.05) is 6.07 Å². The molecule has 2 heterocycles. The van der Waals surface area contributed by atoms with E-state index < -0.39 is 0 Å². The lowest BCUT2D eigenvalue weighted by Gasteiger charge is -1.97. The largest absolute Gasteiger partial charge is 0.217 e. The second-order valence-corrected chi connectivity index (χ2v) is 2.93. The van der Waals surface area contributed by atoms with Gasteiger partial charge in [0.05, 0.1) is 11.2 Å². The molecule has 0 unspecified atom stereocenters. The molecule has 2 rings (SSSR count). The SMILES string of the molecule is Cc1cc2ccc(C)c(F)n2n1. The zero-order valence-corrected chi connectivity index (χ0v) is 7.00. The van der Waals surface area contributed by atoms with Gasteiger partial charge in [-0.2, -0.15) is 9.49 Å². The van der Waals surface area contributed by atoms with Crippen LogP contribution in [0, 0.1) is 19.8 Å². The summed E-state index contributed by atoms with van der Waals surface area (Å²) in [7, 11) is 0. The molecule has 0 N–H and O–H groups in total. The number of halogens is 1. The fourth-order valence-electron chi connectivity index (χ4n) is 1.24. The van der Waals surface area contributed by atoms with Gasteiger partial charge in [-0.25, -0.2) is 4.52 Å². The Morgan fingerprint density at radius 1 is 1.33 bits per heavy atom. The number of aromatic nitrogens is 2. The van der Waals surface area contributed by atoms with Crippen LogP contribution in [0.2, 0.25) is 0 Å². The van der Waals surface area contributed by atoms with Crippen LogP contribution < -0.4 is 0 Å². The zero-order valence-electron chi connectivity index (χ0n) is 7.00. The van der Waals surface area contributed by atoms with Gasteiger partial charge in [-0.05, 0) is 26.0 Å². The van der Waals surface area contributed by atoms with Gasteiger partial charge >= 0.3 is 0 Å². The van der Waals surface area contributed by atoms with Crippen LogP contribution >= 0.6 is 0 Å². The Labute approximate surface area is 69.6 Å². The van der Waals surface area contributed by atoms with E-state index in [-0.39, 0.29) is 5.95 Å². The highest BCUT2D eigenvalue weighted by Gasteiger charge is 2.04. The molecular weight excluding hydrogens is 155 g/mol. The number of pyridine rings is 1. The molecular formula is C9H9FN2. The van der Waals surface area contributed by atoms with Crippen molar-refractivity contribution in [3.8, 4) is 0 Å². The van der Waals surface area contributed by atoms with Crippen molar-refractivity contribution in [2.75, 3.05) is 0 Å². The Balaban J connectivity index is 2.89. The molecule has 12 heavy (non-hydrogen) atoms. The van der Waals surface area contributed by atoms with Gasteiger partial charge in [0.2, 0.25) is 5.95 Å². The number of hydrogen-bond donors (Lipinski definition) is 0. The molecule has 0 bridgehead atoms. The first-order chi connectivity index (χ1) is 5.68. The number of rotatable bonds is 0. The van der Waals surface area contributed by atoms with Gasteiger partial charge in [0.15, 0.2) is 0 Å². The number of aryl methyl sites for hydroxylation is 2. The van der Waals surface area contributed by atoms with Gasteiger partial charge in [0.1, 0.15) is 0 Å². The van der Waals surface area contributed by atoms with Crippen LogP contribution in [0.4, 0.5) is 4.39 Å². The van der Waals surface area contributed by atoms with E-state index in [1.54, 1.807) is 13.0 Å². The summed E-state index contributed by atoms with van der Waals surface area (Å²) in [5.41, 5.74) is 2.25. The highest BCUT2D eigenvalue weighted by molar-refractivity contribution is 5.48. The van der Waals surface area contributed by atoms with E-state index in [0.29, 0.717) is 5.56 Å². The van der Waals surface area contributed by atoms with Crippen LogP contribution in [-0.2, 0) is 0 Å². The molecule has 0 aliphatic carbocycles. The van der Waals surface area contributed by atoms with Gasteiger partial charge in [0, 0.05) is 5.56 Å². The number of hydrogen-bond acceptors (Lipinski definition) is 1. The lowest BCUT2D eigenvalue weighted by molar-refractivity contribution is 0.535. The van der Waals surface area contributed by atoms with Crippen molar-refractivity contribution in [1.29, 1.82) is 0 Å². The molecule has 0 amide bonds. The third kappa shape index (κ3) is 0.897. The molecule has 3 heteroatoms. The fraction of sp³-hybridized carbons (Fsp3) is 0.222. The third-order valence-corrected chi connectivity index (χ3v) is 1.87. The number of nitrogens with zero attached hydrogens (tertiary/aromatic N) is 2. The summed E-state index contributed by atoms with van der Waals surface area (Å²) in [5.74, 6) is -0.277. The molecule has 2 nitrogen and oxygen atoms in total. The van der Waals surface area contributed by atoms with Crippen molar-refractivity contribution in [2.24, 2.45) is 0 Å². The van der Waals surface area contributed by atoms with Crippen LogP contribution in [0.5, 0.6) is 0 Å². The maximum Gasteiger partial charge on any atom is 0.217 e. The molecule has 0 saturated carbocycles. The molecule has 2 aromatic heterocycles. The Morgan fingerprint density at radius 3 is 2.83 bits per heavy atom. The van der Waals surface area contributed by atoms with Crippen LogP contribution in [0.3, 0.4) is 0 Å². The van der Waals surface area contributed by atoms with E-state index in [9.17, 15) is 4.39 Å². The fourth-order valence-corrected chi connectivity index (χ4v) is 1.24. The summed E-state index contributed by atoms with van der Waals surface area (Å²) in [6.07, 6.45) is 0. The average molecular weight is 164 g/mol. The second-order valence-electron chi connectivity index (χ2n) is 2.93. The molecule has 0 fully saturated rings. The minimum Gasteiger partial charge on any atom is -0.206 e. The van der Waals surface area contributed by atoms with Crippen LogP contribution in [0.25, 0.3) is 5.52 Å². The maximum absolute atomic E-state index is 13.3. The molecule has 0 aliphatic rings. The average Bonchev–Trinajstić information content (AvgIpc) is 2.39. The quantitative estimate of drug-likeness (QED) is 0.545. The van der Waals surface area contributed by atoms with Crippen molar-refractivity contribution < 1.29 is 4.39 Å². The lowest BCUT2D eigenvalue weighted by atomic mass is 10.3. The second kappa shape index (κ2) is 2.30. The van der Waals surface area contributed by atoms with Gasteiger partial charge in [-0.3, -0.25) is 0 Å². The predicted octanol–water partition coefficient (Wildman–Crippen LogP) is 2.09. The standard InChI is InChI=1S/C9H9FN2/c1-6-3-4-8-5-7(2)11-12(8)9(6)10/h3-5H,1-2H3. The van der Waals surface area contributed by atoms with E-state index in [0.717, 1.165) is 11.2 Å². The van der Waals surface area contributed by atoms with Crippen molar-refractivity contribution >= 4 is 5.52 Å². The summed E-state index contributed by atoms with van der Waals surface area (Å²) >= 11 is 0. The highest BCUT2D eigenvalue weighted by Crippen LogP contribution is 2.11. The first-order valence-corrected chi connectivity index (χ1v) is 3.80. The van der Waals surface area contributed by atoms with Crippen molar-refractivity contribution in [1.82, 2.24) is 9.61 Å². The Morgan fingerprint density at radius 2 is 2.08 bits per heavy atom. The highest BCUT2D eigenvalue weighted by atomic mass is 19.1. The van der Waals surface area contributed by atoms with Crippen LogP contribution in [-0.4, -0.2) is 9.61 Å². The molecule has 0 atom stereocenters. The van der Waals surface area contributed by atoms with Crippen molar-refractivity contribution in [3.05, 3.63) is 35.4 Å². The van der Waals surface area contributed by atoms with Crippen molar-refractivity contribution in [3.63, 3.8) is 0 Å². The predicted molar refractivity (Wildman–Crippen MR) is 44.6 cm³/mol. The molecule has 0 radical (unpaired) electrons. The summed E-state index contributed by atoms with van der Waals surface area (Å²) in [6, 6.07) is 5.46. The smallest absolute Gasteiger partial charge is 0.206 e. The molecule has 0 aromatic carbocycles. The van der Waals surface area contributed by atoms with Gasteiger partial charge in [0.25, 0.3) is 0 Å². The Hall–Kier alpha value is -1.38. The Bertz CT molecular complexity index is 431. The molecule has 62 valence electrons. The molecule has 2 aromatic rings. The Kier molecular flexibility index (Phi) is 1.40. The minimum atomic E-state index is -0.277. The normalized spacial score (nSPS) is 10.9. The van der Waals surface area contributed by atoms with E-state index >= 15 is 0 Å². The van der Waals surface area contributed by atoms with E-state index in [2.05, 4.69) is 5.10 Å². The molecule has 0 spiro atoms. The number of fused-ring (bicyclic) bond motifs is 1. The first kappa shape index (κ1) is 7.28. The first-order valence-electron chi connectivity index (χ1n) is 3.80. The third-order valence-electron chi connectivity index (χ3n) is 1.87. The zero-order chi connectivity index (χ0) is 8.72. The summed E-state index contributed by atoms with van der Waals surface area (Å²) < 4.78 is 14.6. The molecule has 0 saturated heterocycles. The van der Waals surface area contributed by atoms with Gasteiger partial charge < -0.3 is 0 Å². The minimum absolute atomic E-state index is 0.277. The monoisotopic (exact) mass is 164 g/mol. The summed E-state index contributed by atoms with van der Waals surface area (Å²) in [5, 5.41) is 4.02. The molecule has 0 aliphatic heterocycles. The van der Waals surface area contributed by atoms with Crippen LogP contribution in [0.1, 0.15) is 11.3 Å². The topological polar surface area (TPSA) is 17.3 Å². The van der Waals surface area contributed by atoms with Crippen molar-refractivity contribution in [2.45, 2.75) is 13.8 Å². The van der Waals surface area contributed by atoms with E-state index in [1.165, 1.54) is 4.52 Å². The van der Waals surface area contributed by atoms with E-state index in [1.807, 2.05) is 19.1 Å². The van der Waals surface area contributed by atoms with E-state index in [4.69, 9.17) is 0 Å². The summed E-state index contributed by atoms with van der Waals surface area (Å²) in [6.45, 7) is 3.58. The van der Waals surface area contributed by atoms with Gasteiger partial charge in [-0.15, -0.1) is 0 Å². The maximum atomic E-state index is 13.3. The van der Waals surface area contributed by atoms with Crippen LogP contribution in [0.15, 0.2) is 18.2 Å². The summed E-state index contributed by atoms with van der Waals surface area (Å²) in [4.78, 5) is 0.